The maximum Gasteiger partial charge on any atom is 0.238 e. The summed E-state index contributed by atoms with van der Waals surface area (Å²) in [5, 5.41) is 23.7. The Kier molecular flexibility index (Phi) is 5.84. The van der Waals surface area contributed by atoms with E-state index in [9.17, 15) is 20.2 Å². The fourth-order valence-electron chi connectivity index (χ4n) is 3.77. The van der Waals surface area contributed by atoms with Gasteiger partial charge in [0.05, 0.1) is 5.92 Å². The van der Waals surface area contributed by atoms with Gasteiger partial charge >= 0.3 is 0 Å². The van der Waals surface area contributed by atoms with Crippen LogP contribution in [0.2, 0.25) is 0 Å². The van der Waals surface area contributed by atoms with Crippen LogP contribution in [-0.2, 0) is 7.05 Å². The lowest BCUT2D eigenvalue weighted by molar-refractivity contribution is -0.549. The number of rotatable bonds is 8. The lowest BCUT2D eigenvalue weighted by Gasteiger charge is -2.27. The third kappa shape index (κ3) is 4.09. The van der Waals surface area contributed by atoms with E-state index in [1.165, 1.54) is 0 Å². The fraction of sp³-hybridized carbons (Fsp3) is 0.238. The molecule has 0 N–H and O–H groups in total. The van der Waals surface area contributed by atoms with Gasteiger partial charge < -0.3 is 4.57 Å². The standard InChI is InChI=1S/C21H21N3O4/c1-22-14-8-13-19(22)20(17-11-6-3-7-12-17)21(24(27)28)18(15-23(25)26)16-9-4-2-5-10-16/h2-14,18,20-21H,15H2,1H3. The van der Waals surface area contributed by atoms with Crippen LogP contribution >= 0.6 is 0 Å². The second-order valence-corrected chi connectivity index (χ2v) is 6.74. The number of aromatic nitrogens is 1. The molecule has 28 heavy (non-hydrogen) atoms. The Balaban J connectivity index is 2.18. The quantitative estimate of drug-likeness (QED) is 0.439. The average molecular weight is 379 g/mol. The maximum atomic E-state index is 12.3. The molecule has 0 saturated heterocycles. The normalized spacial score (nSPS) is 14.2. The van der Waals surface area contributed by atoms with Gasteiger partial charge in [-0.1, -0.05) is 60.7 Å². The molecule has 1 aromatic heterocycles. The van der Waals surface area contributed by atoms with Crippen molar-refractivity contribution in [2.45, 2.75) is 17.9 Å². The molecular weight excluding hydrogens is 358 g/mol. The first-order valence-electron chi connectivity index (χ1n) is 8.95. The number of hydrogen-bond acceptors (Lipinski definition) is 4. The molecule has 3 unspecified atom stereocenters. The third-order valence-electron chi connectivity index (χ3n) is 5.03. The SMILES string of the molecule is Cn1cccc1C(c1ccccc1)C(C(C[N+](=O)[O-])c1ccccc1)[N+](=O)[O-]. The zero-order valence-corrected chi connectivity index (χ0v) is 15.4. The number of benzene rings is 2. The molecule has 0 aliphatic heterocycles. The molecule has 0 aliphatic carbocycles. The zero-order chi connectivity index (χ0) is 20.1. The second kappa shape index (κ2) is 8.47. The van der Waals surface area contributed by atoms with Crippen LogP contribution in [0.3, 0.4) is 0 Å². The predicted octanol–water partition coefficient (Wildman–Crippen LogP) is 3.86. The third-order valence-corrected chi connectivity index (χ3v) is 5.03. The van der Waals surface area contributed by atoms with E-state index in [-0.39, 0.29) is 4.92 Å². The largest absolute Gasteiger partial charge is 0.354 e. The lowest BCUT2D eigenvalue weighted by atomic mass is 9.78. The minimum absolute atomic E-state index is 0.369. The highest BCUT2D eigenvalue weighted by atomic mass is 16.6. The summed E-state index contributed by atoms with van der Waals surface area (Å²) >= 11 is 0. The summed E-state index contributed by atoms with van der Waals surface area (Å²) in [7, 11) is 1.83. The molecule has 7 nitrogen and oxygen atoms in total. The van der Waals surface area contributed by atoms with Gasteiger partial charge in [0, 0.05) is 28.8 Å². The molecule has 0 radical (unpaired) electrons. The van der Waals surface area contributed by atoms with Crippen LogP contribution in [0.25, 0.3) is 0 Å². The molecule has 0 spiro atoms. The number of nitro groups is 2. The van der Waals surface area contributed by atoms with Crippen LogP contribution in [0.1, 0.15) is 28.7 Å². The Bertz CT molecular complexity index is 941. The van der Waals surface area contributed by atoms with Crippen LogP contribution in [0, 0.1) is 20.2 Å². The summed E-state index contributed by atoms with van der Waals surface area (Å²) in [6, 6.07) is 20.4. The molecule has 0 saturated carbocycles. The maximum absolute atomic E-state index is 12.3. The van der Waals surface area contributed by atoms with E-state index in [4.69, 9.17) is 0 Å². The van der Waals surface area contributed by atoms with Crippen molar-refractivity contribution < 1.29 is 9.85 Å². The number of hydrogen-bond donors (Lipinski definition) is 0. The minimum atomic E-state index is -1.19. The predicted molar refractivity (Wildman–Crippen MR) is 106 cm³/mol. The lowest BCUT2D eigenvalue weighted by Crippen LogP contribution is -2.38. The molecule has 0 fully saturated rings. The van der Waals surface area contributed by atoms with Gasteiger partial charge in [0.2, 0.25) is 12.6 Å². The Morgan fingerprint density at radius 2 is 1.43 bits per heavy atom. The summed E-state index contributed by atoms with van der Waals surface area (Å²) in [6.45, 7) is -0.510. The summed E-state index contributed by atoms with van der Waals surface area (Å²) < 4.78 is 1.84. The molecule has 2 aromatic carbocycles. The van der Waals surface area contributed by atoms with E-state index in [1.807, 2.05) is 60.3 Å². The molecule has 0 amide bonds. The van der Waals surface area contributed by atoms with Crippen molar-refractivity contribution in [2.75, 3.05) is 6.54 Å². The van der Waals surface area contributed by atoms with E-state index < -0.39 is 29.3 Å². The van der Waals surface area contributed by atoms with E-state index in [2.05, 4.69) is 0 Å². The highest BCUT2D eigenvalue weighted by Crippen LogP contribution is 2.37. The molecule has 7 heteroatoms. The Labute approximate surface area is 162 Å². The molecule has 3 atom stereocenters. The van der Waals surface area contributed by atoms with Gasteiger partial charge in [0.25, 0.3) is 0 Å². The first kappa shape index (κ1) is 19.3. The first-order chi connectivity index (χ1) is 13.5. The molecular formula is C21H21N3O4. The summed E-state index contributed by atoms with van der Waals surface area (Å²) in [5.74, 6) is -1.49. The average Bonchev–Trinajstić information content (AvgIpc) is 3.11. The van der Waals surface area contributed by atoms with Gasteiger partial charge in [-0.15, -0.1) is 0 Å². The summed E-state index contributed by atoms with van der Waals surface area (Å²) in [6.07, 6.45) is 1.83. The van der Waals surface area contributed by atoms with Gasteiger partial charge in [-0.05, 0) is 23.3 Å². The van der Waals surface area contributed by atoms with Gasteiger partial charge in [-0.2, -0.15) is 0 Å². The van der Waals surface area contributed by atoms with Crippen molar-refractivity contribution in [3.05, 3.63) is 116 Å². The van der Waals surface area contributed by atoms with E-state index >= 15 is 0 Å². The molecule has 3 rings (SSSR count). The van der Waals surface area contributed by atoms with E-state index in [0.717, 1.165) is 11.3 Å². The van der Waals surface area contributed by atoms with Crippen LogP contribution in [0.4, 0.5) is 0 Å². The van der Waals surface area contributed by atoms with Gasteiger partial charge in [0.15, 0.2) is 0 Å². The van der Waals surface area contributed by atoms with Gasteiger partial charge in [-0.25, -0.2) is 0 Å². The Hall–Kier alpha value is -3.48. The Morgan fingerprint density at radius 1 is 0.857 bits per heavy atom. The smallest absolute Gasteiger partial charge is 0.238 e. The molecule has 3 aromatic rings. The van der Waals surface area contributed by atoms with Crippen molar-refractivity contribution in [3.8, 4) is 0 Å². The van der Waals surface area contributed by atoms with Crippen LogP contribution in [0.5, 0.6) is 0 Å². The van der Waals surface area contributed by atoms with Crippen LogP contribution in [0.15, 0.2) is 79.0 Å². The van der Waals surface area contributed by atoms with Crippen molar-refractivity contribution in [2.24, 2.45) is 7.05 Å². The summed E-state index contributed by atoms with van der Waals surface area (Å²) in [4.78, 5) is 22.9. The molecule has 144 valence electrons. The van der Waals surface area contributed by atoms with E-state index in [0.29, 0.717) is 5.56 Å². The highest BCUT2D eigenvalue weighted by Gasteiger charge is 2.45. The molecule has 0 aliphatic rings. The topological polar surface area (TPSA) is 91.2 Å². The van der Waals surface area contributed by atoms with E-state index in [1.54, 1.807) is 30.3 Å². The highest BCUT2D eigenvalue weighted by molar-refractivity contribution is 5.34. The number of nitrogens with zero attached hydrogens (tertiary/aromatic N) is 3. The second-order valence-electron chi connectivity index (χ2n) is 6.74. The first-order valence-corrected chi connectivity index (χ1v) is 8.95. The zero-order valence-electron chi connectivity index (χ0n) is 15.4. The molecule has 1 heterocycles. The van der Waals surface area contributed by atoms with Gasteiger partial charge in [-0.3, -0.25) is 20.2 Å². The van der Waals surface area contributed by atoms with Crippen LogP contribution in [-0.4, -0.2) is 27.0 Å². The summed E-state index contributed by atoms with van der Waals surface area (Å²) in [5.41, 5.74) is 2.10. The fourth-order valence-corrected chi connectivity index (χ4v) is 3.77. The van der Waals surface area contributed by atoms with Crippen molar-refractivity contribution in [1.82, 2.24) is 4.57 Å². The van der Waals surface area contributed by atoms with Crippen LogP contribution < -0.4 is 0 Å². The van der Waals surface area contributed by atoms with Crippen molar-refractivity contribution >= 4 is 0 Å². The Morgan fingerprint density at radius 3 is 1.89 bits per heavy atom. The number of aryl methyl sites for hydroxylation is 1. The van der Waals surface area contributed by atoms with Gasteiger partial charge in [0.1, 0.15) is 5.92 Å². The van der Waals surface area contributed by atoms with Crippen molar-refractivity contribution in [3.63, 3.8) is 0 Å². The molecule has 0 bridgehead atoms. The monoisotopic (exact) mass is 379 g/mol. The van der Waals surface area contributed by atoms with Crippen molar-refractivity contribution in [1.29, 1.82) is 0 Å². The minimum Gasteiger partial charge on any atom is -0.354 e.